The van der Waals surface area contributed by atoms with Crippen molar-refractivity contribution >= 4 is 23.1 Å². The molecule has 1 saturated heterocycles. The zero-order valence-corrected chi connectivity index (χ0v) is 12.3. The summed E-state index contributed by atoms with van der Waals surface area (Å²) in [6.07, 6.45) is 0.916. The molecule has 0 atom stereocenters. The average molecular weight is 295 g/mol. The van der Waals surface area contributed by atoms with Crippen molar-refractivity contribution in [3.05, 3.63) is 35.1 Å². The van der Waals surface area contributed by atoms with Gasteiger partial charge in [0, 0.05) is 32.2 Å². The highest BCUT2D eigenvalue weighted by Crippen LogP contribution is 2.13. The number of rotatable bonds is 3. The van der Waals surface area contributed by atoms with E-state index in [1.807, 2.05) is 4.90 Å². The van der Waals surface area contributed by atoms with Crippen LogP contribution in [0, 0.1) is 5.82 Å². The number of halogens is 1. The van der Waals surface area contributed by atoms with E-state index in [0.29, 0.717) is 18.7 Å². The van der Waals surface area contributed by atoms with Crippen LogP contribution in [-0.2, 0) is 11.3 Å². The van der Waals surface area contributed by atoms with Crippen LogP contribution in [0.2, 0.25) is 0 Å². The third kappa shape index (κ3) is 3.74. The third-order valence-electron chi connectivity index (χ3n) is 3.40. The molecule has 0 bridgehead atoms. The topological polar surface area (TPSA) is 49.6 Å². The molecule has 4 nitrogen and oxygen atoms in total. The molecule has 20 heavy (non-hydrogen) atoms. The number of thiocarbonyl (C=S) groups is 1. The quantitative estimate of drug-likeness (QED) is 0.849. The number of amides is 1. The minimum absolute atomic E-state index is 0.0912. The van der Waals surface area contributed by atoms with Crippen molar-refractivity contribution in [2.24, 2.45) is 5.73 Å². The highest BCUT2D eigenvalue weighted by Gasteiger charge is 2.19. The Labute approximate surface area is 123 Å². The van der Waals surface area contributed by atoms with Crippen molar-refractivity contribution in [1.82, 2.24) is 9.80 Å². The normalized spacial score (nSPS) is 17.1. The van der Waals surface area contributed by atoms with Gasteiger partial charge in [-0.25, -0.2) is 4.39 Å². The third-order valence-corrected chi connectivity index (χ3v) is 3.64. The Bertz CT molecular complexity index is 535. The fourth-order valence-corrected chi connectivity index (χ4v) is 2.44. The number of benzene rings is 1. The summed E-state index contributed by atoms with van der Waals surface area (Å²) in [4.78, 5) is 15.8. The lowest BCUT2D eigenvalue weighted by molar-refractivity contribution is -0.129. The van der Waals surface area contributed by atoms with Crippen LogP contribution in [0.3, 0.4) is 0 Å². The van der Waals surface area contributed by atoms with E-state index in [2.05, 4.69) is 0 Å². The van der Waals surface area contributed by atoms with Gasteiger partial charge in [0.2, 0.25) is 5.91 Å². The molecule has 0 unspecified atom stereocenters. The predicted molar refractivity (Wildman–Crippen MR) is 79.8 cm³/mol. The maximum absolute atomic E-state index is 13.6. The Balaban J connectivity index is 2.13. The van der Waals surface area contributed by atoms with Crippen molar-refractivity contribution < 1.29 is 9.18 Å². The van der Waals surface area contributed by atoms with Gasteiger partial charge in [0.1, 0.15) is 10.8 Å². The lowest BCUT2D eigenvalue weighted by Gasteiger charge is -2.19. The summed E-state index contributed by atoms with van der Waals surface area (Å²) in [5.74, 6) is -0.267. The summed E-state index contributed by atoms with van der Waals surface area (Å²) in [5.41, 5.74) is 6.84. The second-order valence-electron chi connectivity index (χ2n) is 5.09. The van der Waals surface area contributed by atoms with Gasteiger partial charge in [0.15, 0.2) is 0 Å². The second kappa shape index (κ2) is 6.28. The zero-order valence-electron chi connectivity index (χ0n) is 11.4. The average Bonchev–Trinajstić information content (AvgIpc) is 2.51. The van der Waals surface area contributed by atoms with Crippen molar-refractivity contribution in [2.75, 3.05) is 26.7 Å². The van der Waals surface area contributed by atoms with Gasteiger partial charge in [-0.1, -0.05) is 12.2 Å². The first kappa shape index (κ1) is 14.9. The van der Waals surface area contributed by atoms with Gasteiger partial charge < -0.3 is 10.6 Å². The van der Waals surface area contributed by atoms with Crippen LogP contribution >= 0.6 is 12.2 Å². The Morgan fingerprint density at radius 1 is 1.40 bits per heavy atom. The van der Waals surface area contributed by atoms with Gasteiger partial charge in [-0.3, -0.25) is 9.69 Å². The van der Waals surface area contributed by atoms with Gasteiger partial charge in [-0.05, 0) is 30.2 Å². The smallest absolute Gasteiger partial charge is 0.236 e. The van der Waals surface area contributed by atoms with E-state index in [0.717, 1.165) is 25.1 Å². The molecule has 1 aromatic carbocycles. The molecular formula is C14H18FN3OS. The Morgan fingerprint density at radius 2 is 2.15 bits per heavy atom. The summed E-state index contributed by atoms with van der Waals surface area (Å²) in [6.45, 7) is 2.45. The molecule has 1 aliphatic heterocycles. The Hall–Kier alpha value is -1.53. The molecular weight excluding hydrogens is 277 g/mol. The van der Waals surface area contributed by atoms with Crippen molar-refractivity contribution in [1.29, 1.82) is 0 Å². The fraction of sp³-hybridized carbons (Fsp3) is 0.429. The molecule has 108 valence electrons. The van der Waals surface area contributed by atoms with Crippen LogP contribution in [0.15, 0.2) is 18.2 Å². The summed E-state index contributed by atoms with van der Waals surface area (Å²) in [5, 5.41) is 0. The maximum atomic E-state index is 13.6. The highest BCUT2D eigenvalue weighted by atomic mass is 32.1. The van der Waals surface area contributed by atoms with Crippen LogP contribution in [-0.4, -0.2) is 47.4 Å². The molecule has 2 rings (SSSR count). The second-order valence-corrected chi connectivity index (χ2v) is 5.53. The SMILES string of the molecule is CN1CCCN(Cc2cc(F)cc(C(N)=S)c2)CC1=O. The number of nitrogens with zero attached hydrogens (tertiary/aromatic N) is 2. The van der Waals surface area contributed by atoms with Gasteiger partial charge in [-0.2, -0.15) is 0 Å². The van der Waals surface area contributed by atoms with Gasteiger partial charge in [0.25, 0.3) is 0 Å². The number of carbonyl (C=O) groups excluding carboxylic acids is 1. The van der Waals surface area contributed by atoms with E-state index in [1.165, 1.54) is 12.1 Å². The van der Waals surface area contributed by atoms with Gasteiger partial charge in [0.05, 0.1) is 6.54 Å². The number of carbonyl (C=O) groups is 1. The van der Waals surface area contributed by atoms with Crippen LogP contribution in [0.1, 0.15) is 17.5 Å². The molecule has 1 heterocycles. The minimum atomic E-state index is -0.358. The lowest BCUT2D eigenvalue weighted by Crippen LogP contribution is -2.34. The molecule has 1 aliphatic rings. The van der Waals surface area contributed by atoms with Crippen molar-refractivity contribution in [3.63, 3.8) is 0 Å². The van der Waals surface area contributed by atoms with Crippen molar-refractivity contribution in [2.45, 2.75) is 13.0 Å². The molecule has 2 N–H and O–H groups in total. The molecule has 6 heteroatoms. The summed E-state index contributed by atoms with van der Waals surface area (Å²) in [6, 6.07) is 4.57. The van der Waals surface area contributed by atoms with Crippen LogP contribution in [0.25, 0.3) is 0 Å². The van der Waals surface area contributed by atoms with Crippen LogP contribution in [0.4, 0.5) is 4.39 Å². The Morgan fingerprint density at radius 3 is 2.85 bits per heavy atom. The van der Waals surface area contributed by atoms with Gasteiger partial charge in [-0.15, -0.1) is 0 Å². The molecule has 0 saturated carbocycles. The lowest BCUT2D eigenvalue weighted by atomic mass is 10.1. The summed E-state index contributed by atoms with van der Waals surface area (Å²) >= 11 is 4.88. The highest BCUT2D eigenvalue weighted by molar-refractivity contribution is 7.80. The molecule has 1 amide bonds. The van der Waals surface area contributed by atoms with E-state index in [9.17, 15) is 9.18 Å². The Kier molecular flexibility index (Phi) is 4.67. The van der Waals surface area contributed by atoms with E-state index in [-0.39, 0.29) is 16.7 Å². The van der Waals surface area contributed by atoms with Crippen molar-refractivity contribution in [3.8, 4) is 0 Å². The minimum Gasteiger partial charge on any atom is -0.389 e. The summed E-state index contributed by atoms with van der Waals surface area (Å²) in [7, 11) is 1.80. The first-order valence-electron chi connectivity index (χ1n) is 6.51. The number of likely N-dealkylation sites (N-methyl/N-ethyl adjacent to an activating group) is 1. The first-order valence-corrected chi connectivity index (χ1v) is 6.92. The van der Waals surface area contributed by atoms with Gasteiger partial charge >= 0.3 is 0 Å². The molecule has 1 fully saturated rings. The zero-order chi connectivity index (χ0) is 14.7. The number of hydrogen-bond donors (Lipinski definition) is 1. The number of hydrogen-bond acceptors (Lipinski definition) is 3. The molecule has 0 radical (unpaired) electrons. The van der Waals surface area contributed by atoms with E-state index >= 15 is 0 Å². The standard InChI is InChI=1S/C14H18FN3OS/c1-17-3-2-4-18(9-13(17)19)8-10-5-11(14(16)20)7-12(15)6-10/h5-7H,2-4,8-9H2,1H3,(H2,16,20). The maximum Gasteiger partial charge on any atom is 0.236 e. The predicted octanol–water partition coefficient (Wildman–Crippen LogP) is 1.12. The molecule has 1 aromatic rings. The largest absolute Gasteiger partial charge is 0.389 e. The van der Waals surface area contributed by atoms with Crippen LogP contribution < -0.4 is 5.73 Å². The molecule has 0 aliphatic carbocycles. The first-order chi connectivity index (χ1) is 9.45. The van der Waals surface area contributed by atoms with E-state index in [4.69, 9.17) is 18.0 Å². The van der Waals surface area contributed by atoms with E-state index < -0.39 is 0 Å². The van der Waals surface area contributed by atoms with E-state index in [1.54, 1.807) is 18.0 Å². The summed E-state index contributed by atoms with van der Waals surface area (Å²) < 4.78 is 13.6. The monoisotopic (exact) mass is 295 g/mol. The molecule has 0 spiro atoms. The number of nitrogens with two attached hydrogens (primary N) is 1. The fourth-order valence-electron chi connectivity index (χ4n) is 2.32. The van der Waals surface area contributed by atoms with Crippen LogP contribution in [0.5, 0.6) is 0 Å². The molecule has 0 aromatic heterocycles.